The second-order valence-electron chi connectivity index (χ2n) is 7.09. The highest BCUT2D eigenvalue weighted by Crippen LogP contribution is 2.30. The summed E-state index contributed by atoms with van der Waals surface area (Å²) >= 11 is 0. The van der Waals surface area contributed by atoms with Crippen LogP contribution in [0.25, 0.3) is 16.9 Å². The number of ether oxygens (including phenoxy) is 1. The van der Waals surface area contributed by atoms with Gasteiger partial charge in [0.1, 0.15) is 24.2 Å². The van der Waals surface area contributed by atoms with Crippen molar-refractivity contribution in [2.45, 2.75) is 26.1 Å². The molecule has 0 bridgehead atoms. The van der Waals surface area contributed by atoms with Crippen molar-refractivity contribution in [2.75, 3.05) is 0 Å². The van der Waals surface area contributed by atoms with E-state index in [-0.39, 0.29) is 23.7 Å². The number of benzene rings is 1. The van der Waals surface area contributed by atoms with Crippen LogP contribution in [0.4, 0.5) is 8.78 Å². The summed E-state index contributed by atoms with van der Waals surface area (Å²) in [6, 6.07) is 4.31. The average molecular weight is 400 g/mol. The second kappa shape index (κ2) is 6.89. The number of aryl methyl sites for hydroxylation is 1. The van der Waals surface area contributed by atoms with Gasteiger partial charge >= 0.3 is 0 Å². The molecule has 150 valence electrons. The molecule has 0 spiro atoms. The van der Waals surface area contributed by atoms with Gasteiger partial charge in [0.25, 0.3) is 0 Å². The summed E-state index contributed by atoms with van der Waals surface area (Å²) in [6.45, 7) is 2.97. The molecule has 8 nitrogen and oxygen atoms in total. The van der Waals surface area contributed by atoms with Gasteiger partial charge in [0, 0.05) is 12.6 Å². The number of nitrogens with zero attached hydrogens (tertiary/aromatic N) is 6. The van der Waals surface area contributed by atoms with E-state index < -0.39 is 17.2 Å². The van der Waals surface area contributed by atoms with Crippen molar-refractivity contribution in [3.05, 3.63) is 59.9 Å². The first-order valence-electron chi connectivity index (χ1n) is 8.76. The minimum Gasteiger partial charge on any atom is -0.484 e. The molecule has 0 radical (unpaired) electrons. The molecule has 0 amide bonds. The predicted molar refractivity (Wildman–Crippen MR) is 98.9 cm³/mol. The van der Waals surface area contributed by atoms with Crippen LogP contribution in [0, 0.1) is 11.6 Å². The molecule has 4 rings (SSSR count). The molecule has 1 aromatic carbocycles. The van der Waals surface area contributed by atoms with Crippen molar-refractivity contribution in [1.29, 1.82) is 0 Å². The Morgan fingerprint density at radius 3 is 2.66 bits per heavy atom. The zero-order chi connectivity index (χ0) is 20.8. The first-order valence-corrected chi connectivity index (χ1v) is 8.76. The van der Waals surface area contributed by atoms with Crippen LogP contribution in [0.2, 0.25) is 0 Å². The Labute approximate surface area is 164 Å². The molecule has 0 fully saturated rings. The van der Waals surface area contributed by atoms with Crippen LogP contribution in [0.5, 0.6) is 5.75 Å². The van der Waals surface area contributed by atoms with Crippen LogP contribution in [0.15, 0.2) is 36.9 Å². The molecule has 29 heavy (non-hydrogen) atoms. The number of aliphatic hydroxyl groups is 1. The lowest BCUT2D eigenvalue weighted by Gasteiger charge is -2.17. The Balaban J connectivity index is 1.71. The fourth-order valence-corrected chi connectivity index (χ4v) is 2.92. The third kappa shape index (κ3) is 3.42. The molecule has 3 heterocycles. The molecule has 1 N–H and O–H groups in total. The minimum atomic E-state index is -1.45. The smallest absolute Gasteiger partial charge is 0.190 e. The maximum Gasteiger partial charge on any atom is 0.190 e. The first kappa shape index (κ1) is 18.9. The molecule has 4 aromatic rings. The van der Waals surface area contributed by atoms with Gasteiger partial charge in [-0.25, -0.2) is 23.4 Å². The standard InChI is InChI=1S/C19H18F2N6O2/c1-19(2,28)17-16(21)18-22-8-14(27(18)10-23-17)11-4-5-13(20)15(6-11)29-9-12-7-24-25-26(12)3/h4-8,10,28H,9H2,1-3H3. The predicted octanol–water partition coefficient (Wildman–Crippen LogP) is 2.61. The summed E-state index contributed by atoms with van der Waals surface area (Å²) in [5, 5.41) is 17.6. The molecule has 0 atom stereocenters. The Hall–Kier alpha value is -3.40. The van der Waals surface area contributed by atoms with Gasteiger partial charge in [-0.05, 0) is 32.0 Å². The Bertz CT molecular complexity index is 1200. The molecule has 0 aliphatic rings. The van der Waals surface area contributed by atoms with E-state index in [1.54, 1.807) is 13.1 Å². The average Bonchev–Trinajstić information content (AvgIpc) is 3.27. The van der Waals surface area contributed by atoms with Gasteiger partial charge in [0.15, 0.2) is 23.0 Å². The van der Waals surface area contributed by atoms with E-state index in [1.165, 1.54) is 53.8 Å². The molecule has 0 unspecified atom stereocenters. The molecule has 0 aliphatic carbocycles. The van der Waals surface area contributed by atoms with Crippen molar-refractivity contribution >= 4 is 5.65 Å². The summed E-state index contributed by atoms with van der Waals surface area (Å²) in [5.74, 6) is -1.22. The second-order valence-corrected chi connectivity index (χ2v) is 7.09. The summed E-state index contributed by atoms with van der Waals surface area (Å²) in [5.41, 5.74) is 0.204. The molecule has 0 saturated carbocycles. The van der Waals surface area contributed by atoms with Gasteiger partial charge in [-0.1, -0.05) is 5.21 Å². The minimum absolute atomic E-state index is 0.0138. The normalized spacial score (nSPS) is 11.9. The third-order valence-corrected chi connectivity index (χ3v) is 4.49. The highest BCUT2D eigenvalue weighted by Gasteiger charge is 2.25. The number of hydrogen-bond acceptors (Lipinski definition) is 6. The maximum atomic E-state index is 14.7. The molecular weight excluding hydrogens is 382 g/mol. The summed E-state index contributed by atoms with van der Waals surface area (Å²) in [4.78, 5) is 8.13. The van der Waals surface area contributed by atoms with Crippen molar-refractivity contribution in [3.8, 4) is 17.0 Å². The number of imidazole rings is 1. The van der Waals surface area contributed by atoms with Crippen LogP contribution in [0.1, 0.15) is 25.2 Å². The Kier molecular flexibility index (Phi) is 4.50. The van der Waals surface area contributed by atoms with Gasteiger partial charge in [-0.3, -0.25) is 4.40 Å². The van der Waals surface area contributed by atoms with Crippen LogP contribution in [0.3, 0.4) is 0 Å². The highest BCUT2D eigenvalue weighted by atomic mass is 19.1. The lowest BCUT2D eigenvalue weighted by molar-refractivity contribution is 0.0694. The van der Waals surface area contributed by atoms with Crippen molar-refractivity contribution in [1.82, 2.24) is 29.4 Å². The van der Waals surface area contributed by atoms with Gasteiger partial charge in [-0.2, -0.15) is 0 Å². The van der Waals surface area contributed by atoms with Crippen LogP contribution >= 0.6 is 0 Å². The zero-order valence-electron chi connectivity index (χ0n) is 16.0. The number of aromatic nitrogens is 6. The van der Waals surface area contributed by atoms with E-state index in [1.807, 2.05) is 0 Å². The Morgan fingerprint density at radius 2 is 1.97 bits per heavy atom. The van der Waals surface area contributed by atoms with Crippen LogP contribution < -0.4 is 4.74 Å². The first-order chi connectivity index (χ1) is 13.8. The molecule has 0 aliphatic heterocycles. The molecule has 0 saturated heterocycles. The van der Waals surface area contributed by atoms with E-state index in [0.29, 0.717) is 17.0 Å². The number of halogens is 2. The molecular formula is C19H18F2N6O2. The third-order valence-electron chi connectivity index (χ3n) is 4.49. The van der Waals surface area contributed by atoms with Gasteiger partial charge in [0.05, 0.1) is 23.8 Å². The highest BCUT2D eigenvalue weighted by molar-refractivity contribution is 5.65. The van der Waals surface area contributed by atoms with E-state index in [0.717, 1.165) is 0 Å². The SMILES string of the molecule is Cn1nncc1COc1cc(-c2cnc3c(F)c(C(C)(C)O)ncn23)ccc1F. The van der Waals surface area contributed by atoms with E-state index in [2.05, 4.69) is 20.3 Å². The number of fused-ring (bicyclic) bond motifs is 1. The van der Waals surface area contributed by atoms with Gasteiger partial charge < -0.3 is 9.84 Å². The summed E-state index contributed by atoms with van der Waals surface area (Å²) in [6.07, 6.45) is 4.36. The van der Waals surface area contributed by atoms with Crippen molar-refractivity contribution < 1.29 is 18.6 Å². The Morgan fingerprint density at radius 1 is 1.17 bits per heavy atom. The lowest BCUT2D eigenvalue weighted by atomic mass is 10.1. The van der Waals surface area contributed by atoms with E-state index >= 15 is 0 Å². The summed E-state index contributed by atoms with van der Waals surface area (Å²) in [7, 11) is 1.71. The zero-order valence-corrected chi connectivity index (χ0v) is 16.0. The number of hydrogen-bond donors (Lipinski definition) is 1. The van der Waals surface area contributed by atoms with Crippen molar-refractivity contribution in [2.24, 2.45) is 7.05 Å². The van der Waals surface area contributed by atoms with Gasteiger partial charge in [0.2, 0.25) is 0 Å². The quantitative estimate of drug-likeness (QED) is 0.554. The molecule has 3 aromatic heterocycles. The monoisotopic (exact) mass is 400 g/mol. The van der Waals surface area contributed by atoms with E-state index in [4.69, 9.17) is 4.74 Å². The van der Waals surface area contributed by atoms with Crippen molar-refractivity contribution in [3.63, 3.8) is 0 Å². The van der Waals surface area contributed by atoms with E-state index in [9.17, 15) is 13.9 Å². The topological polar surface area (TPSA) is 90.4 Å². The lowest BCUT2D eigenvalue weighted by Crippen LogP contribution is -2.20. The largest absolute Gasteiger partial charge is 0.484 e. The van der Waals surface area contributed by atoms with Crippen LogP contribution in [-0.4, -0.2) is 34.5 Å². The van der Waals surface area contributed by atoms with Crippen LogP contribution in [-0.2, 0) is 19.3 Å². The van der Waals surface area contributed by atoms with Gasteiger partial charge in [-0.15, -0.1) is 5.10 Å². The maximum absolute atomic E-state index is 14.7. The number of rotatable bonds is 5. The molecule has 10 heteroatoms. The summed E-state index contributed by atoms with van der Waals surface area (Å²) < 4.78 is 37.5. The fourth-order valence-electron chi connectivity index (χ4n) is 2.92. The fraction of sp³-hybridized carbons (Fsp3) is 0.263.